The number of nitrogens with zero attached hydrogens (tertiary/aromatic N) is 3. The summed E-state index contributed by atoms with van der Waals surface area (Å²) in [6, 6.07) is 0.0490. The van der Waals surface area contributed by atoms with Gasteiger partial charge in [0.25, 0.3) is 0 Å². The van der Waals surface area contributed by atoms with Crippen molar-refractivity contribution in [3.8, 4) is 0 Å². The number of hydrogen-bond donors (Lipinski definition) is 1. The molecule has 1 fully saturated rings. The molecule has 0 aliphatic carbocycles. The van der Waals surface area contributed by atoms with E-state index in [1.165, 1.54) is 6.42 Å². The first-order valence-corrected chi connectivity index (χ1v) is 6.18. The van der Waals surface area contributed by atoms with Crippen molar-refractivity contribution in [1.82, 2.24) is 20.0 Å². The molecule has 0 radical (unpaired) electrons. The molecule has 2 rings (SSSR count). The van der Waals surface area contributed by atoms with Gasteiger partial charge in [-0.1, -0.05) is 0 Å². The molecule has 0 atom stereocenters. The second-order valence-corrected chi connectivity index (χ2v) is 4.62. The van der Waals surface area contributed by atoms with E-state index in [0.29, 0.717) is 6.54 Å². The third-order valence-electron chi connectivity index (χ3n) is 3.19. The van der Waals surface area contributed by atoms with Gasteiger partial charge in [0.05, 0.1) is 5.69 Å². The lowest BCUT2D eigenvalue weighted by Gasteiger charge is -2.26. The molecule has 17 heavy (non-hydrogen) atoms. The van der Waals surface area contributed by atoms with Crippen LogP contribution in [0.1, 0.15) is 30.5 Å². The molecule has 0 aromatic carbocycles. The zero-order valence-electron chi connectivity index (χ0n) is 10.6. The standard InChI is InChI=1S/C12H20N4O/c1-10-11(9-15(2)14-10)8-13-12(17)16-6-4-3-5-7-16/h9H,3-8H2,1-2H3,(H,13,17). The number of aromatic nitrogens is 2. The van der Waals surface area contributed by atoms with Crippen LogP contribution >= 0.6 is 0 Å². The van der Waals surface area contributed by atoms with Crippen molar-refractivity contribution in [3.05, 3.63) is 17.5 Å². The van der Waals surface area contributed by atoms with Crippen LogP contribution < -0.4 is 5.32 Å². The number of carbonyl (C=O) groups is 1. The molecule has 0 unspecified atom stereocenters. The van der Waals surface area contributed by atoms with Crippen LogP contribution in [0.3, 0.4) is 0 Å². The number of carbonyl (C=O) groups excluding carboxylic acids is 1. The van der Waals surface area contributed by atoms with E-state index in [1.807, 2.05) is 25.1 Å². The number of urea groups is 1. The van der Waals surface area contributed by atoms with Crippen LogP contribution in [0.15, 0.2) is 6.20 Å². The molecular formula is C12H20N4O. The predicted molar refractivity (Wildman–Crippen MR) is 65.6 cm³/mol. The number of aryl methyl sites for hydroxylation is 2. The van der Waals surface area contributed by atoms with E-state index in [1.54, 1.807) is 4.68 Å². The maximum atomic E-state index is 11.9. The van der Waals surface area contributed by atoms with E-state index in [4.69, 9.17) is 0 Å². The Morgan fingerprint density at radius 2 is 2.12 bits per heavy atom. The van der Waals surface area contributed by atoms with Crippen LogP contribution in [0, 0.1) is 6.92 Å². The van der Waals surface area contributed by atoms with Crippen molar-refractivity contribution < 1.29 is 4.79 Å². The Balaban J connectivity index is 1.85. The summed E-state index contributed by atoms with van der Waals surface area (Å²) < 4.78 is 1.78. The van der Waals surface area contributed by atoms with Crippen LogP contribution in [0.25, 0.3) is 0 Å². The largest absolute Gasteiger partial charge is 0.334 e. The minimum Gasteiger partial charge on any atom is -0.334 e. The Morgan fingerprint density at radius 1 is 1.41 bits per heavy atom. The molecular weight excluding hydrogens is 216 g/mol. The Bertz CT molecular complexity index is 393. The fourth-order valence-corrected chi connectivity index (χ4v) is 2.20. The third-order valence-corrected chi connectivity index (χ3v) is 3.19. The maximum Gasteiger partial charge on any atom is 0.317 e. The summed E-state index contributed by atoms with van der Waals surface area (Å²) in [5, 5.41) is 7.21. The summed E-state index contributed by atoms with van der Waals surface area (Å²) in [5.41, 5.74) is 2.06. The molecule has 2 amide bonds. The smallest absolute Gasteiger partial charge is 0.317 e. The lowest BCUT2D eigenvalue weighted by molar-refractivity contribution is 0.186. The average Bonchev–Trinajstić information content (AvgIpc) is 2.66. The highest BCUT2D eigenvalue weighted by Crippen LogP contribution is 2.09. The molecule has 1 saturated heterocycles. The minimum atomic E-state index is 0.0490. The van der Waals surface area contributed by atoms with E-state index >= 15 is 0 Å². The summed E-state index contributed by atoms with van der Waals surface area (Å²) in [5.74, 6) is 0. The van der Waals surface area contributed by atoms with Crippen molar-refractivity contribution >= 4 is 6.03 Å². The van der Waals surface area contributed by atoms with Crippen molar-refractivity contribution in [3.63, 3.8) is 0 Å². The summed E-state index contributed by atoms with van der Waals surface area (Å²) in [6.07, 6.45) is 5.44. The van der Waals surface area contributed by atoms with Gasteiger partial charge in [-0.2, -0.15) is 5.10 Å². The van der Waals surface area contributed by atoms with Gasteiger partial charge >= 0.3 is 6.03 Å². The quantitative estimate of drug-likeness (QED) is 0.844. The van der Waals surface area contributed by atoms with Gasteiger partial charge < -0.3 is 10.2 Å². The Hall–Kier alpha value is -1.52. The fourth-order valence-electron chi connectivity index (χ4n) is 2.20. The SMILES string of the molecule is Cc1nn(C)cc1CNC(=O)N1CCCCC1. The molecule has 0 saturated carbocycles. The predicted octanol–water partition coefficient (Wildman–Crippen LogP) is 1.42. The highest BCUT2D eigenvalue weighted by molar-refractivity contribution is 5.74. The van der Waals surface area contributed by atoms with Gasteiger partial charge in [0.1, 0.15) is 0 Å². The van der Waals surface area contributed by atoms with Crippen molar-refractivity contribution in [2.45, 2.75) is 32.7 Å². The summed E-state index contributed by atoms with van der Waals surface area (Å²) in [4.78, 5) is 13.8. The highest BCUT2D eigenvalue weighted by atomic mass is 16.2. The molecule has 1 N–H and O–H groups in total. The first-order valence-electron chi connectivity index (χ1n) is 6.18. The van der Waals surface area contributed by atoms with Gasteiger partial charge in [-0.05, 0) is 26.2 Å². The van der Waals surface area contributed by atoms with E-state index in [0.717, 1.165) is 37.2 Å². The summed E-state index contributed by atoms with van der Waals surface area (Å²) >= 11 is 0. The number of amides is 2. The van der Waals surface area contributed by atoms with Crippen LogP contribution in [0.5, 0.6) is 0 Å². The first-order chi connectivity index (χ1) is 8.16. The third kappa shape index (κ3) is 2.99. The van der Waals surface area contributed by atoms with Gasteiger partial charge in [-0.3, -0.25) is 4.68 Å². The summed E-state index contributed by atoms with van der Waals surface area (Å²) in [6.45, 7) is 4.30. The molecule has 1 aromatic heterocycles. The van der Waals surface area contributed by atoms with Crippen molar-refractivity contribution in [2.75, 3.05) is 13.1 Å². The Morgan fingerprint density at radius 3 is 2.71 bits per heavy atom. The topological polar surface area (TPSA) is 50.2 Å². The number of rotatable bonds is 2. The van der Waals surface area contributed by atoms with E-state index in [-0.39, 0.29) is 6.03 Å². The van der Waals surface area contributed by atoms with Gasteiger partial charge in [0, 0.05) is 38.4 Å². The number of hydrogen-bond acceptors (Lipinski definition) is 2. The number of piperidine rings is 1. The van der Waals surface area contributed by atoms with Gasteiger partial charge in [-0.25, -0.2) is 4.79 Å². The lowest BCUT2D eigenvalue weighted by Crippen LogP contribution is -2.42. The molecule has 94 valence electrons. The van der Waals surface area contributed by atoms with Gasteiger partial charge in [-0.15, -0.1) is 0 Å². The second-order valence-electron chi connectivity index (χ2n) is 4.62. The van der Waals surface area contributed by atoms with E-state index < -0.39 is 0 Å². The maximum absolute atomic E-state index is 11.9. The minimum absolute atomic E-state index is 0.0490. The molecule has 1 aliphatic rings. The van der Waals surface area contributed by atoms with E-state index in [2.05, 4.69) is 10.4 Å². The lowest BCUT2D eigenvalue weighted by atomic mass is 10.1. The number of nitrogens with one attached hydrogen (secondary N) is 1. The number of likely N-dealkylation sites (tertiary alicyclic amines) is 1. The molecule has 5 heteroatoms. The second kappa shape index (κ2) is 5.21. The molecule has 0 spiro atoms. The van der Waals surface area contributed by atoms with Crippen molar-refractivity contribution in [2.24, 2.45) is 7.05 Å². The normalized spacial score (nSPS) is 16.0. The average molecular weight is 236 g/mol. The fraction of sp³-hybridized carbons (Fsp3) is 0.667. The van der Waals surface area contributed by atoms with Gasteiger partial charge in [0.2, 0.25) is 0 Å². The van der Waals surface area contributed by atoms with Crippen molar-refractivity contribution in [1.29, 1.82) is 0 Å². The van der Waals surface area contributed by atoms with Crippen LogP contribution in [-0.4, -0.2) is 33.8 Å². The van der Waals surface area contributed by atoms with Crippen LogP contribution in [0.2, 0.25) is 0 Å². The van der Waals surface area contributed by atoms with Crippen LogP contribution in [0.4, 0.5) is 4.79 Å². The zero-order valence-corrected chi connectivity index (χ0v) is 10.6. The molecule has 2 heterocycles. The van der Waals surface area contributed by atoms with E-state index in [9.17, 15) is 4.79 Å². The van der Waals surface area contributed by atoms with Gasteiger partial charge in [0.15, 0.2) is 0 Å². The molecule has 1 aliphatic heterocycles. The summed E-state index contributed by atoms with van der Waals surface area (Å²) in [7, 11) is 1.89. The monoisotopic (exact) mass is 236 g/mol. The molecule has 5 nitrogen and oxygen atoms in total. The highest BCUT2D eigenvalue weighted by Gasteiger charge is 2.16. The zero-order chi connectivity index (χ0) is 12.3. The molecule has 0 bridgehead atoms. The Labute approximate surface area is 102 Å². The first kappa shape index (κ1) is 12.0. The van der Waals surface area contributed by atoms with Crippen LogP contribution in [-0.2, 0) is 13.6 Å². The molecule has 1 aromatic rings. The Kier molecular flexibility index (Phi) is 3.66.